The molecule has 0 bridgehead atoms. The highest BCUT2D eigenvalue weighted by Gasteiger charge is 2.34. The quantitative estimate of drug-likeness (QED) is 0.892. The monoisotopic (exact) mass is 327 g/mol. The van der Waals surface area contributed by atoms with Gasteiger partial charge >= 0.3 is 6.09 Å². The lowest BCUT2D eigenvalue weighted by Crippen LogP contribution is -2.58. The molecule has 2 rings (SSSR count). The number of halogens is 2. The molecule has 5 nitrogen and oxygen atoms in total. The van der Waals surface area contributed by atoms with Crippen molar-refractivity contribution < 1.29 is 18.3 Å². The topological polar surface area (TPSA) is 67.6 Å². The largest absolute Gasteiger partial charge is 0.444 e. The maximum atomic E-state index is 14.0. The van der Waals surface area contributed by atoms with Gasteiger partial charge in [0.1, 0.15) is 17.2 Å². The summed E-state index contributed by atoms with van der Waals surface area (Å²) in [5, 5.41) is 2.91. The molecule has 7 heteroatoms. The Kier molecular flexibility index (Phi) is 5.09. The number of nitrogens with one attached hydrogen (secondary N) is 1. The molecule has 128 valence electrons. The summed E-state index contributed by atoms with van der Waals surface area (Å²) in [5.41, 5.74) is 5.17. The van der Waals surface area contributed by atoms with E-state index in [1.165, 1.54) is 4.90 Å². The standard InChI is InChI=1S/C16H23F2N3O2/c1-16(2,3)23-15(22)21-8-11(9-21)20-14-7-12(17)10(4-5-19)6-13(14)18/h6-7,11,20H,4-5,8-9,19H2,1-3H3. The lowest BCUT2D eigenvalue weighted by atomic mass is 10.1. The van der Waals surface area contributed by atoms with Crippen molar-refractivity contribution in [3.8, 4) is 0 Å². The van der Waals surface area contributed by atoms with E-state index in [-0.39, 0.29) is 23.8 Å². The summed E-state index contributed by atoms with van der Waals surface area (Å²) in [7, 11) is 0. The number of amides is 1. The summed E-state index contributed by atoms with van der Waals surface area (Å²) in [6, 6.07) is 2.17. The minimum atomic E-state index is -0.552. The zero-order valence-electron chi connectivity index (χ0n) is 13.7. The molecule has 1 amide bonds. The number of nitrogens with zero attached hydrogens (tertiary/aromatic N) is 1. The van der Waals surface area contributed by atoms with Gasteiger partial charge in [-0.25, -0.2) is 13.6 Å². The first-order chi connectivity index (χ1) is 10.7. The van der Waals surface area contributed by atoms with E-state index in [1.54, 1.807) is 20.8 Å². The lowest BCUT2D eigenvalue weighted by Gasteiger charge is -2.40. The lowest BCUT2D eigenvalue weighted by molar-refractivity contribution is 0.0105. The van der Waals surface area contributed by atoms with Gasteiger partial charge in [0, 0.05) is 19.2 Å². The van der Waals surface area contributed by atoms with Gasteiger partial charge in [-0.3, -0.25) is 0 Å². The summed E-state index contributed by atoms with van der Waals surface area (Å²) in [6.45, 7) is 6.42. The van der Waals surface area contributed by atoms with E-state index in [2.05, 4.69) is 5.32 Å². The highest BCUT2D eigenvalue weighted by molar-refractivity contribution is 5.69. The molecule has 0 aliphatic carbocycles. The minimum absolute atomic E-state index is 0.0945. The van der Waals surface area contributed by atoms with Gasteiger partial charge < -0.3 is 20.7 Å². The van der Waals surface area contributed by atoms with Crippen molar-refractivity contribution in [1.82, 2.24) is 4.90 Å². The molecule has 1 aliphatic heterocycles. The predicted molar refractivity (Wildman–Crippen MR) is 84.3 cm³/mol. The first-order valence-corrected chi connectivity index (χ1v) is 7.62. The van der Waals surface area contributed by atoms with Crippen LogP contribution in [0.5, 0.6) is 0 Å². The smallest absolute Gasteiger partial charge is 0.410 e. The number of likely N-dealkylation sites (tertiary alicyclic amines) is 1. The van der Waals surface area contributed by atoms with E-state index in [1.807, 2.05) is 0 Å². The molecule has 23 heavy (non-hydrogen) atoms. The maximum Gasteiger partial charge on any atom is 0.410 e. The number of ether oxygens (including phenoxy) is 1. The number of benzene rings is 1. The van der Waals surface area contributed by atoms with Crippen LogP contribution in [0.2, 0.25) is 0 Å². The van der Waals surface area contributed by atoms with Crippen LogP contribution in [-0.2, 0) is 11.2 Å². The number of carbonyl (C=O) groups excluding carboxylic acids is 1. The summed E-state index contributed by atoms with van der Waals surface area (Å²) in [6.07, 6.45) is -0.112. The molecule has 1 fully saturated rings. The Bertz CT molecular complexity index is 581. The third-order valence-electron chi connectivity index (χ3n) is 3.44. The summed E-state index contributed by atoms with van der Waals surface area (Å²) < 4.78 is 33.0. The third kappa shape index (κ3) is 4.54. The first kappa shape index (κ1) is 17.5. The van der Waals surface area contributed by atoms with Crippen LogP contribution in [0.3, 0.4) is 0 Å². The number of hydrogen-bond acceptors (Lipinski definition) is 4. The van der Waals surface area contributed by atoms with E-state index >= 15 is 0 Å². The zero-order chi connectivity index (χ0) is 17.2. The molecule has 0 spiro atoms. The summed E-state index contributed by atoms with van der Waals surface area (Å²) in [4.78, 5) is 13.3. The highest BCUT2D eigenvalue weighted by atomic mass is 19.1. The molecule has 0 unspecified atom stereocenters. The van der Waals surface area contributed by atoms with Crippen LogP contribution < -0.4 is 11.1 Å². The molecular formula is C16H23F2N3O2. The van der Waals surface area contributed by atoms with Gasteiger partial charge in [0.25, 0.3) is 0 Å². The zero-order valence-corrected chi connectivity index (χ0v) is 13.7. The SMILES string of the molecule is CC(C)(C)OC(=O)N1CC(Nc2cc(F)c(CCN)cc2F)C1. The van der Waals surface area contributed by atoms with Crippen molar-refractivity contribution >= 4 is 11.8 Å². The average Bonchev–Trinajstić information content (AvgIpc) is 2.36. The van der Waals surface area contributed by atoms with Crippen molar-refractivity contribution in [2.24, 2.45) is 5.73 Å². The summed E-state index contributed by atoms with van der Waals surface area (Å²) >= 11 is 0. The van der Waals surface area contributed by atoms with E-state index in [0.717, 1.165) is 12.1 Å². The second-order valence-corrected chi connectivity index (χ2v) is 6.69. The van der Waals surface area contributed by atoms with Crippen molar-refractivity contribution in [2.75, 3.05) is 25.0 Å². The predicted octanol–water partition coefficient (Wildman–Crippen LogP) is 2.50. The van der Waals surface area contributed by atoms with Crippen molar-refractivity contribution in [3.05, 3.63) is 29.3 Å². The molecule has 0 atom stereocenters. The van der Waals surface area contributed by atoms with Crippen LogP contribution in [0, 0.1) is 11.6 Å². The second-order valence-electron chi connectivity index (χ2n) is 6.69. The number of carbonyl (C=O) groups is 1. The second kappa shape index (κ2) is 6.70. The van der Waals surface area contributed by atoms with Gasteiger partial charge in [0.2, 0.25) is 0 Å². The average molecular weight is 327 g/mol. The molecule has 1 aliphatic rings. The maximum absolute atomic E-state index is 14.0. The Morgan fingerprint density at radius 1 is 1.35 bits per heavy atom. The van der Waals surface area contributed by atoms with E-state index in [4.69, 9.17) is 10.5 Å². The van der Waals surface area contributed by atoms with Crippen LogP contribution in [0.25, 0.3) is 0 Å². The van der Waals surface area contributed by atoms with Gasteiger partial charge in [-0.1, -0.05) is 0 Å². The summed E-state index contributed by atoms with van der Waals surface area (Å²) in [5.74, 6) is -1.01. The van der Waals surface area contributed by atoms with Crippen LogP contribution in [0.1, 0.15) is 26.3 Å². The molecule has 1 heterocycles. The Labute approximate surface area is 134 Å². The minimum Gasteiger partial charge on any atom is -0.444 e. The number of nitrogens with two attached hydrogens (primary N) is 1. The molecule has 0 aromatic heterocycles. The van der Waals surface area contributed by atoms with E-state index in [0.29, 0.717) is 19.5 Å². The fourth-order valence-corrected chi connectivity index (χ4v) is 2.31. The van der Waals surface area contributed by atoms with Crippen LogP contribution >= 0.6 is 0 Å². The van der Waals surface area contributed by atoms with Gasteiger partial charge in [-0.2, -0.15) is 0 Å². The molecule has 1 aromatic carbocycles. The Hall–Kier alpha value is -1.89. The Morgan fingerprint density at radius 3 is 2.57 bits per heavy atom. The van der Waals surface area contributed by atoms with Crippen LogP contribution in [0.15, 0.2) is 12.1 Å². The molecule has 0 saturated carbocycles. The molecule has 1 aromatic rings. The van der Waals surface area contributed by atoms with Gasteiger partial charge in [0.15, 0.2) is 0 Å². The van der Waals surface area contributed by atoms with Gasteiger partial charge in [0.05, 0.1) is 11.7 Å². The van der Waals surface area contributed by atoms with E-state index < -0.39 is 23.3 Å². The molecule has 3 N–H and O–H groups in total. The molecule has 0 radical (unpaired) electrons. The van der Waals surface area contributed by atoms with Crippen molar-refractivity contribution in [3.63, 3.8) is 0 Å². The van der Waals surface area contributed by atoms with Crippen molar-refractivity contribution in [2.45, 2.75) is 38.8 Å². The normalized spacial score (nSPS) is 15.3. The van der Waals surface area contributed by atoms with E-state index in [9.17, 15) is 13.6 Å². The number of rotatable bonds is 4. The number of hydrogen-bond donors (Lipinski definition) is 2. The molecule has 1 saturated heterocycles. The first-order valence-electron chi connectivity index (χ1n) is 7.62. The molecular weight excluding hydrogens is 304 g/mol. The Morgan fingerprint density at radius 2 is 2.00 bits per heavy atom. The van der Waals surface area contributed by atoms with Gasteiger partial charge in [-0.15, -0.1) is 0 Å². The van der Waals surface area contributed by atoms with Crippen molar-refractivity contribution in [1.29, 1.82) is 0 Å². The Balaban J connectivity index is 1.91. The van der Waals surface area contributed by atoms with Crippen LogP contribution in [0.4, 0.5) is 19.3 Å². The number of anilines is 1. The fraction of sp³-hybridized carbons (Fsp3) is 0.562. The third-order valence-corrected chi connectivity index (χ3v) is 3.44. The fourth-order valence-electron chi connectivity index (χ4n) is 2.31. The van der Waals surface area contributed by atoms with Gasteiger partial charge in [-0.05, 0) is 45.4 Å². The van der Waals surface area contributed by atoms with Crippen LogP contribution in [-0.4, -0.2) is 42.3 Å². The highest BCUT2D eigenvalue weighted by Crippen LogP contribution is 2.23.